The maximum absolute atomic E-state index is 13.3. The summed E-state index contributed by atoms with van der Waals surface area (Å²) in [6, 6.07) is 10.4. The van der Waals surface area contributed by atoms with E-state index in [1.54, 1.807) is 12.1 Å². The molecule has 42 heavy (non-hydrogen) atoms. The smallest absolute Gasteiger partial charge is 0.465 e. The van der Waals surface area contributed by atoms with Crippen molar-refractivity contribution in [2.75, 3.05) is 18.2 Å². The number of anilines is 2. The Morgan fingerprint density at radius 1 is 1.12 bits per heavy atom. The number of carbonyl (C=O) groups is 2. The molecule has 12 nitrogen and oxygen atoms in total. The molecule has 0 unspecified atom stereocenters. The summed E-state index contributed by atoms with van der Waals surface area (Å²) in [5.74, 6) is -2.80. The Morgan fingerprint density at radius 2 is 1.83 bits per heavy atom. The van der Waals surface area contributed by atoms with Gasteiger partial charge in [0.15, 0.2) is 5.82 Å². The minimum atomic E-state index is -4.76. The van der Waals surface area contributed by atoms with Crippen LogP contribution in [0, 0.1) is 0 Å². The van der Waals surface area contributed by atoms with E-state index in [0.29, 0.717) is 11.1 Å². The van der Waals surface area contributed by atoms with Gasteiger partial charge < -0.3 is 25.6 Å². The molecule has 0 atom stereocenters. The molecule has 15 heteroatoms. The van der Waals surface area contributed by atoms with Crippen LogP contribution in [0.4, 0.5) is 24.7 Å². The fourth-order valence-corrected chi connectivity index (χ4v) is 3.91. The number of nitrogens with two attached hydrogens (primary N) is 1. The first-order valence-electron chi connectivity index (χ1n) is 12.5. The molecule has 0 saturated carbocycles. The number of methoxy groups -OCH3 is 1. The largest absolute Gasteiger partial charge is 0.471 e. The van der Waals surface area contributed by atoms with Crippen LogP contribution in [0.1, 0.15) is 35.7 Å². The Hall–Kier alpha value is -5.21. The predicted octanol–water partition coefficient (Wildman–Crippen LogP) is 3.48. The van der Waals surface area contributed by atoms with Crippen molar-refractivity contribution >= 4 is 23.4 Å². The van der Waals surface area contributed by atoms with Crippen molar-refractivity contribution < 1.29 is 32.0 Å². The minimum absolute atomic E-state index is 0.0318. The minimum Gasteiger partial charge on any atom is -0.465 e. The average Bonchev–Trinajstić information content (AvgIpc) is 3.45. The monoisotopic (exact) mass is 585 g/mol. The molecule has 0 radical (unpaired) electrons. The lowest BCUT2D eigenvalue weighted by Crippen LogP contribution is -2.35. The number of ether oxygens (including phenoxy) is 1. The van der Waals surface area contributed by atoms with Crippen LogP contribution in [0.15, 0.2) is 58.0 Å². The van der Waals surface area contributed by atoms with E-state index in [1.807, 2.05) is 13.8 Å². The Morgan fingerprint density at radius 3 is 2.45 bits per heavy atom. The second-order valence-electron chi connectivity index (χ2n) is 9.41. The third-order valence-corrected chi connectivity index (χ3v) is 5.82. The van der Waals surface area contributed by atoms with Crippen molar-refractivity contribution in [2.45, 2.75) is 39.2 Å². The second-order valence-corrected chi connectivity index (χ2v) is 9.41. The molecule has 0 saturated heterocycles. The first-order valence-corrected chi connectivity index (χ1v) is 12.5. The van der Waals surface area contributed by atoms with Gasteiger partial charge in [-0.1, -0.05) is 29.4 Å². The molecule has 0 fully saturated rings. The fourth-order valence-electron chi connectivity index (χ4n) is 3.91. The Kier molecular flexibility index (Phi) is 8.59. The number of amides is 1. The van der Waals surface area contributed by atoms with Gasteiger partial charge >= 0.3 is 18.0 Å². The standard InChI is InChI=1S/C27H26F3N7O5/c1-14(2)34-23-24(39)37(20(12-33-23)17-8-18(25(40)41-3)10-19(31)9-17)13-21(38)32-11-15-4-6-16(7-5-15)22-35-26(42-36-22)27(28,29)30/h4-10,12,14H,11,13,31H2,1-3H3,(H,32,38)(H,33,34). The number of aromatic nitrogens is 4. The second kappa shape index (κ2) is 12.1. The summed E-state index contributed by atoms with van der Waals surface area (Å²) < 4.78 is 48.4. The lowest BCUT2D eigenvalue weighted by Gasteiger charge is -2.17. The van der Waals surface area contributed by atoms with Gasteiger partial charge in [-0.3, -0.25) is 14.2 Å². The quantitative estimate of drug-likeness (QED) is 0.195. The normalized spacial score (nSPS) is 11.4. The van der Waals surface area contributed by atoms with E-state index in [1.165, 1.54) is 48.2 Å². The molecular formula is C27H26F3N7O5. The van der Waals surface area contributed by atoms with Crippen LogP contribution in [0.2, 0.25) is 0 Å². The predicted molar refractivity (Wildman–Crippen MR) is 145 cm³/mol. The van der Waals surface area contributed by atoms with E-state index in [0.717, 1.165) is 0 Å². The van der Waals surface area contributed by atoms with Crippen LogP contribution < -0.4 is 21.9 Å². The average molecular weight is 586 g/mol. The van der Waals surface area contributed by atoms with Gasteiger partial charge in [0, 0.05) is 29.4 Å². The number of nitrogens with one attached hydrogen (secondary N) is 2. The Balaban J connectivity index is 1.55. The van der Waals surface area contributed by atoms with E-state index < -0.39 is 36.0 Å². The Labute approximate surface area is 236 Å². The van der Waals surface area contributed by atoms with E-state index in [4.69, 9.17) is 10.5 Å². The zero-order valence-corrected chi connectivity index (χ0v) is 22.7. The van der Waals surface area contributed by atoms with Crippen LogP contribution in [0.3, 0.4) is 0 Å². The van der Waals surface area contributed by atoms with Gasteiger partial charge in [0.05, 0.1) is 24.6 Å². The van der Waals surface area contributed by atoms with Gasteiger partial charge in [-0.15, -0.1) is 0 Å². The summed E-state index contributed by atoms with van der Waals surface area (Å²) in [5, 5.41) is 9.00. The van der Waals surface area contributed by atoms with Crippen LogP contribution in [0.25, 0.3) is 22.6 Å². The number of nitrogens with zero attached hydrogens (tertiary/aromatic N) is 4. The lowest BCUT2D eigenvalue weighted by atomic mass is 10.1. The third-order valence-electron chi connectivity index (χ3n) is 5.82. The molecule has 1 amide bonds. The molecular weight excluding hydrogens is 559 g/mol. The topological polar surface area (TPSA) is 167 Å². The Bertz CT molecular complexity index is 1660. The molecule has 0 bridgehead atoms. The summed E-state index contributed by atoms with van der Waals surface area (Å²) in [4.78, 5) is 46.0. The van der Waals surface area contributed by atoms with Gasteiger partial charge in [-0.25, -0.2) is 9.78 Å². The molecule has 2 aromatic carbocycles. The van der Waals surface area contributed by atoms with Crippen LogP contribution in [-0.4, -0.2) is 44.7 Å². The number of rotatable bonds is 9. The van der Waals surface area contributed by atoms with Gasteiger partial charge in [-0.05, 0) is 37.6 Å². The molecule has 2 aromatic heterocycles. The van der Waals surface area contributed by atoms with Crippen LogP contribution >= 0.6 is 0 Å². The molecule has 2 heterocycles. The maximum atomic E-state index is 13.3. The number of carbonyl (C=O) groups excluding carboxylic acids is 2. The highest BCUT2D eigenvalue weighted by molar-refractivity contribution is 5.92. The highest BCUT2D eigenvalue weighted by Gasteiger charge is 2.38. The van der Waals surface area contributed by atoms with Crippen LogP contribution in [0.5, 0.6) is 0 Å². The number of halogens is 3. The highest BCUT2D eigenvalue weighted by atomic mass is 19.4. The summed E-state index contributed by atoms with van der Waals surface area (Å²) >= 11 is 0. The van der Waals surface area contributed by atoms with Gasteiger partial charge in [0.1, 0.15) is 6.54 Å². The molecule has 0 aliphatic heterocycles. The zero-order chi connectivity index (χ0) is 30.6. The number of nitrogen functional groups attached to an aromatic ring is 1. The molecule has 0 spiro atoms. The van der Waals surface area contributed by atoms with Gasteiger partial charge in [0.25, 0.3) is 5.56 Å². The third kappa shape index (κ3) is 6.92. The number of benzene rings is 2. The van der Waals surface area contributed by atoms with Crippen molar-refractivity contribution in [1.82, 2.24) is 25.0 Å². The van der Waals surface area contributed by atoms with Crippen molar-refractivity contribution in [3.05, 3.63) is 76.0 Å². The van der Waals surface area contributed by atoms with E-state index >= 15 is 0 Å². The summed E-state index contributed by atoms with van der Waals surface area (Å²) in [6.45, 7) is 3.31. The molecule has 0 aliphatic rings. The summed E-state index contributed by atoms with van der Waals surface area (Å²) in [5.41, 5.74) is 7.32. The van der Waals surface area contributed by atoms with Crippen molar-refractivity contribution in [2.24, 2.45) is 0 Å². The molecule has 4 rings (SSSR count). The highest BCUT2D eigenvalue weighted by Crippen LogP contribution is 2.29. The SMILES string of the molecule is COC(=O)c1cc(N)cc(-c2cnc(NC(C)C)c(=O)n2CC(=O)NCc2ccc(-c3noc(C(F)(F)F)n3)cc2)c1. The molecule has 0 aliphatic carbocycles. The zero-order valence-electron chi connectivity index (χ0n) is 22.7. The first-order chi connectivity index (χ1) is 19.8. The summed E-state index contributed by atoms with van der Waals surface area (Å²) in [6.07, 6.45) is -3.36. The maximum Gasteiger partial charge on any atom is 0.471 e. The van der Waals surface area contributed by atoms with Crippen molar-refractivity contribution in [1.29, 1.82) is 0 Å². The first kappa shape index (κ1) is 29.8. The lowest BCUT2D eigenvalue weighted by molar-refractivity contribution is -0.159. The van der Waals surface area contributed by atoms with E-state index in [9.17, 15) is 27.6 Å². The van der Waals surface area contributed by atoms with Gasteiger partial charge in [-0.2, -0.15) is 18.2 Å². The number of hydrogen-bond donors (Lipinski definition) is 3. The van der Waals surface area contributed by atoms with Crippen molar-refractivity contribution in [3.63, 3.8) is 0 Å². The number of alkyl halides is 3. The van der Waals surface area contributed by atoms with Crippen LogP contribution in [-0.2, 0) is 28.8 Å². The van der Waals surface area contributed by atoms with E-state index in [-0.39, 0.29) is 46.7 Å². The molecule has 220 valence electrons. The number of esters is 1. The number of hydrogen-bond acceptors (Lipinski definition) is 10. The van der Waals surface area contributed by atoms with Gasteiger partial charge in [0.2, 0.25) is 11.7 Å². The molecule has 4 N–H and O–H groups in total. The molecule has 4 aromatic rings. The fraction of sp³-hybridized carbons (Fsp3) is 0.259. The van der Waals surface area contributed by atoms with Crippen molar-refractivity contribution in [3.8, 4) is 22.6 Å². The van der Waals surface area contributed by atoms with E-state index in [2.05, 4.69) is 30.3 Å². The summed E-state index contributed by atoms with van der Waals surface area (Å²) in [7, 11) is 1.22.